The van der Waals surface area contributed by atoms with Crippen LogP contribution in [0.2, 0.25) is 78.6 Å². The van der Waals surface area contributed by atoms with Crippen LogP contribution in [-0.2, 0) is 10.8 Å². The average molecular weight is 653 g/mol. The molecule has 44 heavy (non-hydrogen) atoms. The summed E-state index contributed by atoms with van der Waals surface area (Å²) in [7, 11) is -6.53. The monoisotopic (exact) mass is 652 g/mol. The van der Waals surface area contributed by atoms with Gasteiger partial charge in [0.25, 0.3) is 0 Å². The van der Waals surface area contributed by atoms with Crippen LogP contribution in [0.25, 0.3) is 0 Å². The van der Waals surface area contributed by atoms with Crippen molar-refractivity contribution in [2.75, 3.05) is 0 Å². The molecule has 4 fully saturated rings. The fraction of sp³-hybridized carbons (Fsp3) is 0.600. The lowest BCUT2D eigenvalue weighted by molar-refractivity contribution is -0.126. The van der Waals surface area contributed by atoms with Crippen molar-refractivity contribution < 1.29 is 0 Å². The molecule has 0 heterocycles. The number of hydrogen-bond donors (Lipinski definition) is 0. The first-order chi connectivity index (χ1) is 19.8. The van der Waals surface area contributed by atoms with Crippen LogP contribution in [0, 0.1) is 35.5 Å². The van der Waals surface area contributed by atoms with Gasteiger partial charge >= 0.3 is 0 Å². The van der Waals surface area contributed by atoms with Gasteiger partial charge in [-0.2, -0.15) is 0 Å². The molecule has 6 rings (SSSR count). The Hall–Kier alpha value is -1.57. The summed E-state index contributed by atoms with van der Waals surface area (Å²) in [5.41, 5.74) is 6.32. The highest BCUT2D eigenvalue weighted by atomic mass is 28.3. The van der Waals surface area contributed by atoms with E-state index in [2.05, 4.69) is 129 Å². The molecule has 4 heteroatoms. The van der Waals surface area contributed by atoms with E-state index in [0.29, 0.717) is 0 Å². The van der Waals surface area contributed by atoms with Gasteiger partial charge in [-0.15, -0.1) is 12.8 Å². The molecule has 0 atom stereocenters. The van der Waals surface area contributed by atoms with Gasteiger partial charge in [-0.05, 0) is 81.7 Å². The maximum Gasteiger partial charge on any atom is 0.0792 e. The van der Waals surface area contributed by atoms with Gasteiger partial charge in [0.05, 0.1) is 32.3 Å². The van der Waals surface area contributed by atoms with Crippen molar-refractivity contribution in [1.29, 1.82) is 0 Å². The Bertz CT molecular complexity index is 1470. The smallest absolute Gasteiger partial charge is 0.0792 e. The molecule has 0 spiro atoms. The largest absolute Gasteiger partial charge is 0.115 e. The van der Waals surface area contributed by atoms with E-state index in [-0.39, 0.29) is 21.7 Å². The maximum absolute atomic E-state index is 6.58. The minimum Gasteiger partial charge on any atom is -0.115 e. The summed E-state index contributed by atoms with van der Waals surface area (Å²) in [5, 5.41) is 6.22. The second-order valence-corrected chi connectivity index (χ2v) is 40.7. The van der Waals surface area contributed by atoms with Crippen molar-refractivity contribution in [3.8, 4) is 24.7 Å². The van der Waals surface area contributed by atoms with Gasteiger partial charge in [-0.25, -0.2) is 0 Å². The molecule has 2 aromatic carbocycles. The molecule has 0 aliphatic heterocycles. The third-order valence-electron chi connectivity index (χ3n) is 11.6. The van der Waals surface area contributed by atoms with E-state index in [0.717, 1.165) is 0 Å². The van der Waals surface area contributed by atoms with Crippen molar-refractivity contribution in [2.24, 2.45) is 10.8 Å². The number of terminal acetylenes is 2. The molecule has 4 saturated carbocycles. The van der Waals surface area contributed by atoms with Gasteiger partial charge in [-0.3, -0.25) is 0 Å². The summed E-state index contributed by atoms with van der Waals surface area (Å²) in [6.07, 6.45) is 20.7. The predicted molar refractivity (Wildman–Crippen MR) is 208 cm³/mol. The number of rotatable bonds is 6. The van der Waals surface area contributed by atoms with Crippen LogP contribution in [0.4, 0.5) is 0 Å². The summed E-state index contributed by atoms with van der Waals surface area (Å²) in [6.45, 7) is 35.3. The molecule has 4 aliphatic rings. The zero-order valence-corrected chi connectivity index (χ0v) is 34.7. The van der Waals surface area contributed by atoms with Gasteiger partial charge < -0.3 is 0 Å². The predicted octanol–water partition coefficient (Wildman–Crippen LogP) is 8.40. The van der Waals surface area contributed by atoms with Crippen molar-refractivity contribution in [2.45, 2.75) is 142 Å². The highest BCUT2D eigenvalue weighted by Gasteiger charge is 2.67. The SMILES string of the molecule is C#Cc1c(C23CC4(C)CC(C)(C2)CC(c2cc([Si](C)(C)C)cc([Si](C)(C)C)c2C#C)(C4)C3)cc([Si](C)(C)C)cc1[Si](C)(C)C. The molecule has 0 amide bonds. The Labute approximate surface area is 275 Å². The average Bonchev–Trinajstić information content (AvgIpc) is 2.82. The van der Waals surface area contributed by atoms with Gasteiger partial charge in [-0.1, -0.05) is 139 Å². The molecular weight excluding hydrogens is 593 g/mol. The van der Waals surface area contributed by atoms with E-state index in [4.69, 9.17) is 12.8 Å². The summed E-state index contributed by atoms with van der Waals surface area (Å²) in [6, 6.07) is 10.4. The van der Waals surface area contributed by atoms with Crippen LogP contribution in [0.1, 0.15) is 74.6 Å². The van der Waals surface area contributed by atoms with Crippen molar-refractivity contribution >= 4 is 53.0 Å². The van der Waals surface area contributed by atoms with E-state index in [9.17, 15) is 0 Å². The van der Waals surface area contributed by atoms with Crippen LogP contribution in [0.5, 0.6) is 0 Å². The van der Waals surface area contributed by atoms with Crippen LogP contribution >= 0.6 is 0 Å². The van der Waals surface area contributed by atoms with Gasteiger partial charge in [0, 0.05) is 11.1 Å². The van der Waals surface area contributed by atoms with Crippen molar-refractivity contribution in [1.82, 2.24) is 0 Å². The minimum absolute atomic E-state index is 0.0877. The van der Waals surface area contributed by atoms with E-state index < -0.39 is 32.3 Å². The van der Waals surface area contributed by atoms with Crippen LogP contribution in [0.15, 0.2) is 24.3 Å². The molecule has 0 aromatic heterocycles. The molecule has 2 aromatic rings. The minimum atomic E-state index is -1.68. The summed E-state index contributed by atoms with van der Waals surface area (Å²) in [5.74, 6) is 6.72. The Kier molecular flexibility index (Phi) is 7.65. The Morgan fingerprint density at radius 1 is 0.477 bits per heavy atom. The fourth-order valence-electron chi connectivity index (χ4n) is 10.7. The van der Waals surface area contributed by atoms with Gasteiger partial charge in [0.2, 0.25) is 0 Å². The third kappa shape index (κ3) is 5.55. The zero-order valence-electron chi connectivity index (χ0n) is 30.7. The fourth-order valence-corrected chi connectivity index (χ4v) is 16.4. The highest BCUT2D eigenvalue weighted by Crippen LogP contribution is 2.74. The van der Waals surface area contributed by atoms with E-state index >= 15 is 0 Å². The normalized spacial score (nSPS) is 30.3. The van der Waals surface area contributed by atoms with Gasteiger partial charge in [0.15, 0.2) is 0 Å². The first-order valence-electron chi connectivity index (χ1n) is 17.1. The van der Waals surface area contributed by atoms with E-state index in [1.165, 1.54) is 71.2 Å². The number of hydrogen-bond acceptors (Lipinski definition) is 0. The molecule has 0 unspecified atom stereocenters. The van der Waals surface area contributed by atoms with Crippen LogP contribution in [0.3, 0.4) is 0 Å². The second-order valence-electron chi connectivity index (χ2n) is 20.4. The lowest BCUT2D eigenvalue weighted by atomic mass is 9.34. The van der Waals surface area contributed by atoms with E-state index in [1.54, 1.807) is 10.4 Å². The van der Waals surface area contributed by atoms with Crippen LogP contribution < -0.4 is 20.7 Å². The third-order valence-corrected chi connectivity index (χ3v) is 19.7. The van der Waals surface area contributed by atoms with Crippen molar-refractivity contribution in [3.63, 3.8) is 0 Å². The summed E-state index contributed by atoms with van der Waals surface area (Å²) in [4.78, 5) is 0. The molecule has 0 nitrogen and oxygen atoms in total. The topological polar surface area (TPSA) is 0 Å². The van der Waals surface area contributed by atoms with E-state index in [1.807, 2.05) is 0 Å². The Morgan fingerprint density at radius 2 is 0.795 bits per heavy atom. The Balaban J connectivity index is 1.87. The maximum atomic E-state index is 6.58. The zero-order chi connectivity index (χ0) is 33.1. The molecule has 236 valence electrons. The number of benzene rings is 2. The van der Waals surface area contributed by atoms with Crippen LogP contribution in [-0.4, -0.2) is 32.3 Å². The molecule has 4 bridgehead atoms. The molecule has 0 N–H and O–H groups in total. The summed E-state index contributed by atoms with van der Waals surface area (Å²) < 4.78 is 0. The quantitative estimate of drug-likeness (QED) is 0.217. The first kappa shape index (κ1) is 33.8. The Morgan fingerprint density at radius 3 is 1.05 bits per heavy atom. The standard InChI is InChI=1S/C40H60Si4/c1-17-31-33(19-29(41(5,6)7)21-35(31)43(11,12)13)39-24-37(3)23-38(4,25-39)27-40(26-37,28-39)34-20-30(42(8,9)10)22-36(32(34)18-2)44(14,15)16/h1-2,19-22H,23-28H2,3-16H3. The molecule has 4 aliphatic carbocycles. The molecular formula is C40H60Si4. The molecule has 0 saturated heterocycles. The first-order valence-corrected chi connectivity index (χ1v) is 31.1. The van der Waals surface area contributed by atoms with Gasteiger partial charge in [0.1, 0.15) is 0 Å². The summed E-state index contributed by atoms with van der Waals surface area (Å²) >= 11 is 0. The lowest BCUT2D eigenvalue weighted by Gasteiger charge is -2.70. The second kappa shape index (κ2) is 9.97. The lowest BCUT2D eigenvalue weighted by Crippen LogP contribution is -2.64. The van der Waals surface area contributed by atoms with Crippen molar-refractivity contribution in [3.05, 3.63) is 46.5 Å². The molecule has 0 radical (unpaired) electrons. The highest BCUT2D eigenvalue weighted by molar-refractivity contribution is 6.92.